The number of carbonyl (C=O) groups is 1. The van der Waals surface area contributed by atoms with Crippen LogP contribution in [0.4, 0.5) is 0 Å². The molecular weight excluding hydrogens is 370 g/mol. The van der Waals surface area contributed by atoms with Gasteiger partial charge in [0.15, 0.2) is 0 Å². The zero-order valence-corrected chi connectivity index (χ0v) is 13.8. The van der Waals surface area contributed by atoms with Crippen molar-refractivity contribution in [3.8, 4) is 0 Å². The van der Waals surface area contributed by atoms with Crippen LogP contribution in [0.15, 0.2) is 21.5 Å². The Bertz CT molecular complexity index is 670. The maximum absolute atomic E-state index is 12.2. The minimum Gasteiger partial charge on any atom is -0.478 e. The molecule has 2 rings (SSSR count). The van der Waals surface area contributed by atoms with Crippen molar-refractivity contribution in [2.75, 3.05) is 6.54 Å². The number of aromatic carboxylic acids is 1. The van der Waals surface area contributed by atoms with E-state index in [9.17, 15) is 13.2 Å². The second-order valence-corrected chi connectivity index (χ2v) is 8.21. The minimum absolute atomic E-state index is 0.0202. The van der Waals surface area contributed by atoms with Crippen LogP contribution in [0.1, 0.15) is 30.1 Å². The molecule has 1 fully saturated rings. The molecule has 0 saturated heterocycles. The molecule has 1 aromatic rings. The summed E-state index contributed by atoms with van der Waals surface area (Å²) in [6.07, 6.45) is 1.97. The Balaban J connectivity index is 2.33. The SMILES string of the molecule is CC1(CNS(=O)(=O)c2cc(Br)c(Cl)c(C(=O)O)c2)CC1. The highest BCUT2D eigenvalue weighted by atomic mass is 79.9. The summed E-state index contributed by atoms with van der Waals surface area (Å²) in [6, 6.07) is 2.36. The second-order valence-electron chi connectivity index (χ2n) is 5.21. The Morgan fingerprint density at radius 3 is 2.60 bits per heavy atom. The van der Waals surface area contributed by atoms with Crippen LogP contribution < -0.4 is 4.72 Å². The number of nitrogens with one attached hydrogen (secondary N) is 1. The number of hydrogen-bond acceptors (Lipinski definition) is 3. The first-order chi connectivity index (χ1) is 9.15. The van der Waals surface area contributed by atoms with Gasteiger partial charge in [0.1, 0.15) is 0 Å². The van der Waals surface area contributed by atoms with Gasteiger partial charge in [-0.1, -0.05) is 18.5 Å². The molecule has 1 saturated carbocycles. The van der Waals surface area contributed by atoms with E-state index in [0.717, 1.165) is 18.9 Å². The summed E-state index contributed by atoms with van der Waals surface area (Å²) in [7, 11) is -3.75. The van der Waals surface area contributed by atoms with Crippen molar-refractivity contribution in [3.05, 3.63) is 27.2 Å². The first kappa shape index (κ1) is 15.8. The fourth-order valence-electron chi connectivity index (χ4n) is 1.62. The number of sulfonamides is 1. The number of carboxylic acids is 1. The number of halogens is 2. The van der Waals surface area contributed by atoms with Gasteiger partial charge in [0.25, 0.3) is 0 Å². The Morgan fingerprint density at radius 1 is 1.50 bits per heavy atom. The average Bonchev–Trinajstić information content (AvgIpc) is 3.08. The van der Waals surface area contributed by atoms with Crippen LogP contribution in [0.2, 0.25) is 5.02 Å². The van der Waals surface area contributed by atoms with Crippen molar-refractivity contribution in [2.24, 2.45) is 5.41 Å². The van der Waals surface area contributed by atoms with Gasteiger partial charge in [-0.15, -0.1) is 0 Å². The molecule has 0 aliphatic heterocycles. The lowest BCUT2D eigenvalue weighted by molar-refractivity contribution is 0.0696. The Kier molecular flexibility index (Phi) is 4.17. The van der Waals surface area contributed by atoms with Crippen molar-refractivity contribution in [3.63, 3.8) is 0 Å². The van der Waals surface area contributed by atoms with Gasteiger partial charge in [0.2, 0.25) is 10.0 Å². The topological polar surface area (TPSA) is 83.5 Å². The lowest BCUT2D eigenvalue weighted by Gasteiger charge is -2.12. The van der Waals surface area contributed by atoms with E-state index in [0.29, 0.717) is 6.54 Å². The zero-order valence-electron chi connectivity index (χ0n) is 10.6. The van der Waals surface area contributed by atoms with E-state index in [2.05, 4.69) is 20.7 Å². The minimum atomic E-state index is -3.75. The Hall–Kier alpha value is -0.630. The third-order valence-electron chi connectivity index (χ3n) is 3.33. The summed E-state index contributed by atoms with van der Waals surface area (Å²) < 4.78 is 27.1. The maximum Gasteiger partial charge on any atom is 0.337 e. The summed E-state index contributed by atoms with van der Waals surface area (Å²) in [5.74, 6) is -1.28. The Labute approximate surface area is 130 Å². The van der Waals surface area contributed by atoms with Gasteiger partial charge < -0.3 is 5.11 Å². The highest BCUT2D eigenvalue weighted by Crippen LogP contribution is 2.44. The number of carboxylic acid groups (broad SMARTS) is 1. The number of hydrogen-bond donors (Lipinski definition) is 2. The predicted octanol–water partition coefficient (Wildman–Crippen LogP) is 2.88. The number of rotatable bonds is 5. The molecule has 0 aromatic heterocycles. The van der Waals surface area contributed by atoms with E-state index >= 15 is 0 Å². The van der Waals surface area contributed by atoms with Crippen molar-refractivity contribution < 1.29 is 18.3 Å². The van der Waals surface area contributed by atoms with Crippen LogP contribution >= 0.6 is 27.5 Å². The van der Waals surface area contributed by atoms with Gasteiger partial charge >= 0.3 is 5.97 Å². The molecular formula is C12H13BrClNO4S. The average molecular weight is 383 g/mol. The summed E-state index contributed by atoms with van der Waals surface area (Å²) in [5.41, 5.74) is -0.231. The van der Waals surface area contributed by atoms with Crippen molar-refractivity contribution >= 4 is 43.5 Å². The molecule has 20 heavy (non-hydrogen) atoms. The van der Waals surface area contributed by atoms with Gasteiger partial charge in [0, 0.05) is 11.0 Å². The van der Waals surface area contributed by atoms with Crippen molar-refractivity contribution in [1.29, 1.82) is 0 Å². The molecule has 0 heterocycles. The van der Waals surface area contributed by atoms with Crippen LogP contribution in [-0.4, -0.2) is 26.0 Å². The third-order valence-corrected chi connectivity index (χ3v) is 5.98. The van der Waals surface area contributed by atoms with Gasteiger partial charge in [-0.2, -0.15) is 0 Å². The highest BCUT2D eigenvalue weighted by Gasteiger charge is 2.38. The smallest absolute Gasteiger partial charge is 0.337 e. The van der Waals surface area contributed by atoms with E-state index in [1.54, 1.807) is 0 Å². The number of benzene rings is 1. The molecule has 1 aromatic carbocycles. The quantitative estimate of drug-likeness (QED) is 0.820. The maximum atomic E-state index is 12.2. The molecule has 0 bridgehead atoms. The predicted molar refractivity (Wildman–Crippen MR) is 78.6 cm³/mol. The second kappa shape index (κ2) is 5.29. The molecule has 1 aliphatic carbocycles. The van der Waals surface area contributed by atoms with Crippen LogP contribution in [0, 0.1) is 5.41 Å². The summed E-state index contributed by atoms with van der Waals surface area (Å²) in [4.78, 5) is 10.9. The fourth-order valence-corrected chi connectivity index (χ4v) is 3.67. The van der Waals surface area contributed by atoms with Crippen LogP contribution in [0.3, 0.4) is 0 Å². The monoisotopic (exact) mass is 381 g/mol. The Morgan fingerprint density at radius 2 is 2.10 bits per heavy atom. The van der Waals surface area contributed by atoms with Crippen molar-refractivity contribution in [1.82, 2.24) is 4.72 Å². The third kappa shape index (κ3) is 3.33. The van der Waals surface area contributed by atoms with Gasteiger partial charge in [-0.25, -0.2) is 17.9 Å². The zero-order chi connectivity index (χ0) is 15.1. The lowest BCUT2D eigenvalue weighted by Crippen LogP contribution is -2.29. The van der Waals surface area contributed by atoms with Crippen LogP contribution in [0.25, 0.3) is 0 Å². The molecule has 0 unspecified atom stereocenters. The molecule has 0 radical (unpaired) electrons. The van der Waals surface area contributed by atoms with Crippen molar-refractivity contribution in [2.45, 2.75) is 24.7 Å². The van der Waals surface area contributed by atoms with Gasteiger partial charge in [0.05, 0.1) is 15.5 Å². The van der Waals surface area contributed by atoms with Crippen LogP contribution in [-0.2, 0) is 10.0 Å². The van der Waals surface area contributed by atoms with E-state index in [-0.39, 0.29) is 25.4 Å². The molecule has 110 valence electrons. The van der Waals surface area contributed by atoms with E-state index < -0.39 is 16.0 Å². The first-order valence-corrected chi connectivity index (χ1v) is 8.52. The lowest BCUT2D eigenvalue weighted by atomic mass is 10.2. The van der Waals surface area contributed by atoms with E-state index in [1.165, 1.54) is 6.07 Å². The first-order valence-electron chi connectivity index (χ1n) is 5.87. The molecule has 0 atom stereocenters. The molecule has 1 aliphatic rings. The van der Waals surface area contributed by atoms with Gasteiger partial charge in [-0.3, -0.25) is 0 Å². The van der Waals surface area contributed by atoms with Crippen LogP contribution in [0.5, 0.6) is 0 Å². The molecule has 5 nitrogen and oxygen atoms in total. The fraction of sp³-hybridized carbons (Fsp3) is 0.417. The highest BCUT2D eigenvalue weighted by molar-refractivity contribution is 9.10. The van der Waals surface area contributed by atoms with E-state index in [4.69, 9.17) is 16.7 Å². The summed E-state index contributed by atoms with van der Waals surface area (Å²) in [6.45, 7) is 2.34. The normalized spacial score (nSPS) is 16.9. The molecule has 0 amide bonds. The largest absolute Gasteiger partial charge is 0.478 e. The summed E-state index contributed by atoms with van der Waals surface area (Å²) >= 11 is 8.90. The molecule has 8 heteroatoms. The van der Waals surface area contributed by atoms with E-state index in [1.807, 2.05) is 6.92 Å². The van der Waals surface area contributed by atoms with Gasteiger partial charge in [-0.05, 0) is 46.3 Å². The standard InChI is InChI=1S/C12H13BrClNO4S/c1-12(2-3-12)6-15-20(18,19)7-4-8(11(16)17)10(14)9(13)5-7/h4-5,15H,2-3,6H2,1H3,(H,16,17). The summed E-state index contributed by atoms with van der Waals surface area (Å²) in [5, 5.41) is 9.01. The molecule has 2 N–H and O–H groups in total. The molecule has 0 spiro atoms.